The zero-order valence-electron chi connectivity index (χ0n) is 41.8. The van der Waals surface area contributed by atoms with Crippen LogP contribution in [0.4, 0.5) is 0 Å². The number of carbonyl (C=O) groups excluding carboxylic acids is 3. The Bertz CT molecular complexity index is 1110. The number of hydrogen-bond acceptors (Lipinski definition) is 6. The van der Waals surface area contributed by atoms with Gasteiger partial charge in [0.2, 0.25) is 0 Å². The van der Waals surface area contributed by atoms with Crippen LogP contribution < -0.4 is 0 Å². The lowest BCUT2D eigenvalue weighted by Gasteiger charge is -2.18. The van der Waals surface area contributed by atoms with Crippen LogP contribution in [0.25, 0.3) is 0 Å². The van der Waals surface area contributed by atoms with Crippen molar-refractivity contribution in [1.82, 2.24) is 0 Å². The van der Waals surface area contributed by atoms with Gasteiger partial charge in [0.25, 0.3) is 0 Å². The Labute approximate surface area is 390 Å². The Hall–Kier alpha value is -2.63. The van der Waals surface area contributed by atoms with E-state index in [2.05, 4.69) is 69.4 Å². The molecule has 0 saturated carbocycles. The first-order chi connectivity index (χ1) is 31.0. The number of carbonyl (C=O) groups is 3. The van der Waals surface area contributed by atoms with Gasteiger partial charge in [0.15, 0.2) is 6.10 Å². The van der Waals surface area contributed by atoms with Gasteiger partial charge in [-0.3, -0.25) is 14.4 Å². The van der Waals surface area contributed by atoms with Crippen molar-refractivity contribution >= 4 is 17.9 Å². The second-order valence-electron chi connectivity index (χ2n) is 18.1. The Morgan fingerprint density at radius 2 is 0.619 bits per heavy atom. The molecule has 0 aromatic carbocycles. The van der Waals surface area contributed by atoms with Gasteiger partial charge in [0.05, 0.1) is 0 Å². The first-order valence-corrected chi connectivity index (χ1v) is 27.1. The molecule has 0 aliphatic rings. The lowest BCUT2D eigenvalue weighted by atomic mass is 10.0. The van der Waals surface area contributed by atoms with Gasteiger partial charge in [-0.15, -0.1) is 0 Å². The summed E-state index contributed by atoms with van der Waals surface area (Å²) in [6.45, 7) is 6.47. The number of esters is 3. The maximum Gasteiger partial charge on any atom is 0.306 e. The van der Waals surface area contributed by atoms with Gasteiger partial charge < -0.3 is 14.2 Å². The van der Waals surface area contributed by atoms with Crippen molar-refractivity contribution in [2.45, 2.75) is 284 Å². The van der Waals surface area contributed by atoms with Crippen molar-refractivity contribution < 1.29 is 28.6 Å². The SMILES string of the molecule is CC/C=C\C/C=C\C/C=C\C/C=C\CCCCCCCCCCCCCCC(=O)OCC(COC(=O)CCCCCCC)OC(=O)CCCCCCCCCCCCCCCCC. The van der Waals surface area contributed by atoms with Crippen LogP contribution in [0.1, 0.15) is 278 Å². The van der Waals surface area contributed by atoms with Gasteiger partial charge in [-0.2, -0.15) is 0 Å². The van der Waals surface area contributed by atoms with Crippen molar-refractivity contribution in [1.29, 1.82) is 0 Å². The summed E-state index contributed by atoms with van der Waals surface area (Å²) >= 11 is 0. The van der Waals surface area contributed by atoms with Gasteiger partial charge in [0.1, 0.15) is 13.2 Å². The van der Waals surface area contributed by atoms with Crippen LogP contribution in [0, 0.1) is 0 Å². The van der Waals surface area contributed by atoms with Crippen LogP contribution in [-0.4, -0.2) is 37.2 Å². The average Bonchev–Trinajstić information content (AvgIpc) is 3.28. The lowest BCUT2D eigenvalue weighted by molar-refractivity contribution is -0.167. The molecule has 0 rings (SSSR count). The Balaban J connectivity index is 4.06. The van der Waals surface area contributed by atoms with E-state index in [-0.39, 0.29) is 31.1 Å². The third-order valence-corrected chi connectivity index (χ3v) is 11.8. The summed E-state index contributed by atoms with van der Waals surface area (Å²) in [6, 6.07) is 0. The summed E-state index contributed by atoms with van der Waals surface area (Å²) < 4.78 is 16.7. The van der Waals surface area contributed by atoms with Crippen molar-refractivity contribution in [3.63, 3.8) is 0 Å². The summed E-state index contributed by atoms with van der Waals surface area (Å²) in [5, 5.41) is 0. The van der Waals surface area contributed by atoms with E-state index in [9.17, 15) is 14.4 Å². The fourth-order valence-corrected chi connectivity index (χ4v) is 7.79. The number of hydrogen-bond donors (Lipinski definition) is 0. The number of unbranched alkanes of at least 4 members (excludes halogenated alkanes) is 30. The highest BCUT2D eigenvalue weighted by Gasteiger charge is 2.19. The maximum atomic E-state index is 12.7. The Kier molecular flexibility index (Phi) is 49.8. The van der Waals surface area contributed by atoms with Crippen LogP contribution in [0.5, 0.6) is 0 Å². The molecule has 0 aliphatic carbocycles. The standard InChI is InChI=1S/C57H102O6/c1-4-7-10-13-15-17-19-21-23-24-25-26-27-28-29-30-31-32-34-35-37-39-41-44-47-50-56(59)62-53-54(52-61-55(58)49-46-43-12-9-6-3)63-57(60)51-48-45-42-40-38-36-33-22-20-18-16-14-11-8-5-2/h7,10,15,17,21,23,25-26,54H,4-6,8-9,11-14,16,18-20,22,24,27-53H2,1-3H3/b10-7-,17-15-,23-21-,26-25-. The molecule has 6 heteroatoms. The van der Waals surface area contributed by atoms with Crippen LogP contribution >= 0.6 is 0 Å². The summed E-state index contributed by atoms with van der Waals surface area (Å²) in [4.78, 5) is 37.7. The largest absolute Gasteiger partial charge is 0.462 e. The van der Waals surface area contributed by atoms with E-state index in [1.807, 2.05) is 0 Å². The predicted octanol–water partition coefficient (Wildman–Crippen LogP) is 17.9. The molecule has 0 N–H and O–H groups in total. The normalized spacial score (nSPS) is 12.4. The zero-order chi connectivity index (χ0) is 45.8. The van der Waals surface area contributed by atoms with Crippen molar-refractivity contribution in [2.24, 2.45) is 0 Å². The minimum Gasteiger partial charge on any atom is -0.462 e. The average molecular weight is 883 g/mol. The minimum absolute atomic E-state index is 0.0709. The van der Waals surface area contributed by atoms with Crippen LogP contribution in [0.15, 0.2) is 48.6 Å². The quantitative estimate of drug-likeness (QED) is 0.0262. The van der Waals surface area contributed by atoms with Crippen LogP contribution in [-0.2, 0) is 28.6 Å². The number of allylic oxidation sites excluding steroid dienone is 8. The number of ether oxygens (including phenoxy) is 3. The maximum absolute atomic E-state index is 12.7. The molecule has 0 fully saturated rings. The molecule has 0 aliphatic heterocycles. The molecule has 366 valence electrons. The topological polar surface area (TPSA) is 78.9 Å². The summed E-state index contributed by atoms with van der Waals surface area (Å²) in [5.74, 6) is -0.875. The highest BCUT2D eigenvalue weighted by molar-refractivity contribution is 5.71. The summed E-state index contributed by atoms with van der Waals surface area (Å²) in [7, 11) is 0. The van der Waals surface area contributed by atoms with Gasteiger partial charge in [0, 0.05) is 19.3 Å². The fraction of sp³-hybridized carbons (Fsp3) is 0.807. The molecule has 0 radical (unpaired) electrons. The lowest BCUT2D eigenvalue weighted by Crippen LogP contribution is -2.30. The van der Waals surface area contributed by atoms with Crippen LogP contribution in [0.2, 0.25) is 0 Å². The van der Waals surface area contributed by atoms with Crippen molar-refractivity contribution in [3.8, 4) is 0 Å². The van der Waals surface area contributed by atoms with Gasteiger partial charge in [-0.1, -0.05) is 249 Å². The molecule has 0 spiro atoms. The highest BCUT2D eigenvalue weighted by atomic mass is 16.6. The molecule has 0 aromatic rings. The molecule has 0 saturated heterocycles. The summed E-state index contributed by atoms with van der Waals surface area (Å²) in [6.07, 6.45) is 62.8. The van der Waals surface area contributed by atoms with E-state index in [1.54, 1.807) is 0 Å². The third-order valence-electron chi connectivity index (χ3n) is 11.8. The van der Waals surface area contributed by atoms with E-state index in [0.717, 1.165) is 89.9 Å². The third kappa shape index (κ3) is 50.2. The molecule has 1 unspecified atom stereocenters. The molecular formula is C57H102O6. The Morgan fingerprint density at radius 3 is 0.968 bits per heavy atom. The van der Waals surface area contributed by atoms with E-state index in [1.165, 1.54) is 148 Å². The molecule has 0 aromatic heterocycles. The second kappa shape index (κ2) is 52.0. The van der Waals surface area contributed by atoms with Gasteiger partial charge in [-0.05, 0) is 57.8 Å². The first kappa shape index (κ1) is 60.4. The van der Waals surface area contributed by atoms with E-state index in [0.29, 0.717) is 19.3 Å². The van der Waals surface area contributed by atoms with E-state index >= 15 is 0 Å². The smallest absolute Gasteiger partial charge is 0.306 e. The van der Waals surface area contributed by atoms with E-state index < -0.39 is 6.10 Å². The fourth-order valence-electron chi connectivity index (χ4n) is 7.79. The number of rotatable bonds is 49. The van der Waals surface area contributed by atoms with Gasteiger partial charge in [-0.25, -0.2) is 0 Å². The molecule has 1 atom stereocenters. The van der Waals surface area contributed by atoms with E-state index in [4.69, 9.17) is 14.2 Å². The zero-order valence-corrected chi connectivity index (χ0v) is 41.8. The highest BCUT2D eigenvalue weighted by Crippen LogP contribution is 2.16. The van der Waals surface area contributed by atoms with Crippen molar-refractivity contribution in [3.05, 3.63) is 48.6 Å². The monoisotopic (exact) mass is 883 g/mol. The van der Waals surface area contributed by atoms with Crippen LogP contribution in [0.3, 0.4) is 0 Å². The summed E-state index contributed by atoms with van der Waals surface area (Å²) in [5.41, 5.74) is 0. The molecule has 63 heavy (non-hydrogen) atoms. The molecule has 0 amide bonds. The van der Waals surface area contributed by atoms with Gasteiger partial charge >= 0.3 is 17.9 Å². The molecule has 6 nitrogen and oxygen atoms in total. The predicted molar refractivity (Wildman–Crippen MR) is 270 cm³/mol. The minimum atomic E-state index is -0.766. The first-order valence-electron chi connectivity index (χ1n) is 27.1. The van der Waals surface area contributed by atoms with Crippen molar-refractivity contribution in [2.75, 3.05) is 13.2 Å². The molecule has 0 heterocycles. The molecular weight excluding hydrogens is 781 g/mol. The Morgan fingerprint density at radius 1 is 0.333 bits per heavy atom. The second-order valence-corrected chi connectivity index (χ2v) is 18.1. The molecule has 0 bridgehead atoms.